The number of pyridine rings is 1. The van der Waals surface area contributed by atoms with E-state index in [9.17, 15) is 18.0 Å². The van der Waals surface area contributed by atoms with Crippen LogP contribution >= 0.6 is 0 Å². The minimum Gasteiger partial charge on any atom is -0.366 e. The Morgan fingerprint density at radius 2 is 1.65 bits per heavy atom. The van der Waals surface area contributed by atoms with E-state index in [1.165, 1.54) is 47.0 Å². The van der Waals surface area contributed by atoms with Gasteiger partial charge in [-0.2, -0.15) is 4.31 Å². The van der Waals surface area contributed by atoms with E-state index in [0.29, 0.717) is 13.1 Å². The molecule has 7 nitrogen and oxygen atoms in total. The predicted molar refractivity (Wildman–Crippen MR) is 98.7 cm³/mol. The monoisotopic (exact) mass is 375 g/mol. The Morgan fingerprint density at radius 1 is 1.00 bits per heavy atom. The van der Waals surface area contributed by atoms with Gasteiger partial charge in [0, 0.05) is 37.1 Å². The fourth-order valence-corrected chi connectivity index (χ4v) is 4.43. The van der Waals surface area contributed by atoms with Crippen LogP contribution in [0.4, 0.5) is 5.69 Å². The van der Waals surface area contributed by atoms with Crippen molar-refractivity contribution in [2.75, 3.05) is 18.4 Å². The van der Waals surface area contributed by atoms with Gasteiger partial charge in [-0.1, -0.05) is 12.8 Å². The first kappa shape index (κ1) is 18.3. The van der Waals surface area contributed by atoms with Crippen LogP contribution in [0.1, 0.15) is 36.0 Å². The second-order valence-corrected chi connectivity index (χ2v) is 8.16. The Kier molecular flexibility index (Phi) is 5.53. The standard InChI is InChI=1S/C18H21N3O4S/c22-17-9-10-19-13-16(17)20-18(23)14-5-7-15(8-6-14)26(24,25)21-11-3-1-2-4-12-21/h5-10,13H,1-4,11-12H2,(H,19,22)(H,20,23). The van der Waals surface area contributed by atoms with Crippen LogP contribution in [0.5, 0.6) is 0 Å². The fraction of sp³-hybridized carbons (Fsp3) is 0.333. The number of carbonyl (C=O) groups excluding carboxylic acids is 1. The lowest BCUT2D eigenvalue weighted by atomic mass is 10.2. The number of amides is 1. The molecular formula is C18H21N3O4S. The highest BCUT2D eigenvalue weighted by Crippen LogP contribution is 2.20. The molecule has 0 unspecified atom stereocenters. The van der Waals surface area contributed by atoms with E-state index >= 15 is 0 Å². The van der Waals surface area contributed by atoms with E-state index in [-0.39, 0.29) is 21.6 Å². The molecule has 3 rings (SSSR count). The largest absolute Gasteiger partial charge is 0.366 e. The summed E-state index contributed by atoms with van der Waals surface area (Å²) in [5.74, 6) is -0.472. The third-order valence-electron chi connectivity index (χ3n) is 4.39. The molecule has 26 heavy (non-hydrogen) atoms. The highest BCUT2D eigenvalue weighted by atomic mass is 32.2. The maximum atomic E-state index is 12.7. The molecule has 8 heteroatoms. The van der Waals surface area contributed by atoms with Crippen molar-refractivity contribution in [1.82, 2.24) is 9.29 Å². The van der Waals surface area contributed by atoms with Gasteiger partial charge in [0.25, 0.3) is 5.91 Å². The summed E-state index contributed by atoms with van der Waals surface area (Å²) in [6.07, 6.45) is 6.70. The minimum atomic E-state index is -3.55. The van der Waals surface area contributed by atoms with Crippen molar-refractivity contribution in [3.63, 3.8) is 0 Å². The van der Waals surface area contributed by atoms with Gasteiger partial charge in [-0.25, -0.2) is 8.42 Å². The van der Waals surface area contributed by atoms with E-state index in [1.54, 1.807) is 0 Å². The normalized spacial score (nSPS) is 16.0. The van der Waals surface area contributed by atoms with Crippen molar-refractivity contribution >= 4 is 21.6 Å². The van der Waals surface area contributed by atoms with Crippen LogP contribution in [0.25, 0.3) is 0 Å². The number of aromatic nitrogens is 1. The fourth-order valence-electron chi connectivity index (χ4n) is 2.92. The number of carbonyl (C=O) groups is 1. The van der Waals surface area contributed by atoms with E-state index in [4.69, 9.17) is 0 Å². The van der Waals surface area contributed by atoms with Gasteiger partial charge in [0.1, 0.15) is 5.69 Å². The van der Waals surface area contributed by atoms with Gasteiger partial charge in [0.2, 0.25) is 15.5 Å². The Bertz CT molecular complexity index is 927. The Balaban J connectivity index is 1.76. The molecule has 1 saturated heterocycles. The molecule has 1 aromatic heterocycles. The molecule has 2 aromatic rings. The lowest BCUT2D eigenvalue weighted by Gasteiger charge is -2.20. The van der Waals surface area contributed by atoms with Crippen LogP contribution in [0, 0.1) is 0 Å². The van der Waals surface area contributed by atoms with Gasteiger partial charge < -0.3 is 10.3 Å². The van der Waals surface area contributed by atoms with Crippen molar-refractivity contribution in [3.8, 4) is 0 Å². The molecule has 2 heterocycles. The highest BCUT2D eigenvalue weighted by Gasteiger charge is 2.25. The molecule has 1 fully saturated rings. The molecule has 0 bridgehead atoms. The van der Waals surface area contributed by atoms with Crippen LogP contribution in [0.2, 0.25) is 0 Å². The third-order valence-corrected chi connectivity index (χ3v) is 6.30. The molecule has 0 aliphatic carbocycles. The molecule has 1 amide bonds. The maximum Gasteiger partial charge on any atom is 0.255 e. The first-order valence-corrected chi connectivity index (χ1v) is 10.0. The minimum absolute atomic E-state index is 0.138. The van der Waals surface area contributed by atoms with Crippen LogP contribution in [-0.4, -0.2) is 36.7 Å². The molecule has 2 N–H and O–H groups in total. The SMILES string of the molecule is O=C(Nc1c[nH]ccc1=O)c1ccc(S(=O)(=O)N2CCCCCC2)cc1. The summed E-state index contributed by atoms with van der Waals surface area (Å²) in [7, 11) is -3.55. The summed E-state index contributed by atoms with van der Waals surface area (Å²) in [4.78, 5) is 26.8. The van der Waals surface area contributed by atoms with Gasteiger partial charge >= 0.3 is 0 Å². The van der Waals surface area contributed by atoms with Crippen molar-refractivity contribution in [3.05, 3.63) is 58.5 Å². The number of rotatable bonds is 4. The Morgan fingerprint density at radius 3 is 2.27 bits per heavy atom. The zero-order valence-corrected chi connectivity index (χ0v) is 15.1. The second-order valence-electron chi connectivity index (χ2n) is 6.22. The lowest BCUT2D eigenvalue weighted by molar-refractivity contribution is 0.102. The zero-order valence-electron chi connectivity index (χ0n) is 14.3. The highest BCUT2D eigenvalue weighted by molar-refractivity contribution is 7.89. The van der Waals surface area contributed by atoms with Gasteiger partial charge in [-0.3, -0.25) is 9.59 Å². The van der Waals surface area contributed by atoms with Crippen molar-refractivity contribution in [2.45, 2.75) is 30.6 Å². The third kappa shape index (κ3) is 4.03. The molecule has 1 aromatic carbocycles. The number of benzene rings is 1. The van der Waals surface area contributed by atoms with Crippen LogP contribution < -0.4 is 10.7 Å². The zero-order chi connectivity index (χ0) is 18.6. The van der Waals surface area contributed by atoms with Crippen LogP contribution in [0.15, 0.2) is 52.4 Å². The Labute approximate surface area is 152 Å². The Hall–Kier alpha value is -2.45. The summed E-state index contributed by atoms with van der Waals surface area (Å²) in [5, 5.41) is 2.51. The summed E-state index contributed by atoms with van der Waals surface area (Å²) in [6, 6.07) is 7.09. The van der Waals surface area contributed by atoms with Crippen LogP contribution in [0.3, 0.4) is 0 Å². The summed E-state index contributed by atoms with van der Waals surface area (Å²) >= 11 is 0. The molecular weight excluding hydrogens is 354 g/mol. The van der Waals surface area contributed by atoms with Gasteiger partial charge in [0.15, 0.2) is 0 Å². The number of nitrogens with one attached hydrogen (secondary N) is 2. The van der Waals surface area contributed by atoms with E-state index in [0.717, 1.165) is 25.7 Å². The first-order valence-electron chi connectivity index (χ1n) is 8.57. The van der Waals surface area contributed by atoms with Gasteiger partial charge in [-0.15, -0.1) is 0 Å². The first-order chi connectivity index (χ1) is 12.5. The molecule has 1 aliphatic rings. The summed E-state index contributed by atoms with van der Waals surface area (Å²) in [6.45, 7) is 1.06. The van der Waals surface area contributed by atoms with Gasteiger partial charge in [-0.05, 0) is 37.1 Å². The predicted octanol–water partition coefficient (Wildman–Crippen LogP) is 2.19. The number of hydrogen-bond donors (Lipinski definition) is 2. The molecule has 0 atom stereocenters. The van der Waals surface area contributed by atoms with E-state index in [2.05, 4.69) is 10.3 Å². The second kappa shape index (κ2) is 7.84. The lowest BCUT2D eigenvalue weighted by Crippen LogP contribution is -2.32. The quantitative estimate of drug-likeness (QED) is 0.856. The smallest absolute Gasteiger partial charge is 0.255 e. The molecule has 1 aliphatic heterocycles. The average molecular weight is 375 g/mol. The van der Waals surface area contributed by atoms with E-state index < -0.39 is 15.9 Å². The number of H-pyrrole nitrogens is 1. The number of sulfonamides is 1. The van der Waals surface area contributed by atoms with Crippen molar-refractivity contribution in [2.24, 2.45) is 0 Å². The van der Waals surface area contributed by atoms with Crippen molar-refractivity contribution < 1.29 is 13.2 Å². The topological polar surface area (TPSA) is 99.3 Å². The summed E-state index contributed by atoms with van der Waals surface area (Å²) in [5.41, 5.74) is 0.110. The van der Waals surface area contributed by atoms with Crippen molar-refractivity contribution in [1.29, 1.82) is 0 Å². The number of nitrogens with zero attached hydrogens (tertiary/aromatic N) is 1. The maximum absolute atomic E-state index is 12.7. The molecule has 0 saturated carbocycles. The number of hydrogen-bond acceptors (Lipinski definition) is 4. The summed E-state index contributed by atoms with van der Waals surface area (Å²) < 4.78 is 27.0. The van der Waals surface area contributed by atoms with Crippen LogP contribution in [-0.2, 0) is 10.0 Å². The number of aromatic amines is 1. The molecule has 0 radical (unpaired) electrons. The number of anilines is 1. The van der Waals surface area contributed by atoms with E-state index in [1.807, 2.05) is 0 Å². The average Bonchev–Trinajstić information content (AvgIpc) is 2.94. The molecule has 138 valence electrons. The van der Waals surface area contributed by atoms with Gasteiger partial charge in [0.05, 0.1) is 4.90 Å². The molecule has 0 spiro atoms.